The summed E-state index contributed by atoms with van der Waals surface area (Å²) in [6, 6.07) is 53.2. The molecule has 0 aliphatic heterocycles. The number of anilines is 2. The van der Waals surface area contributed by atoms with Gasteiger partial charge in [0.1, 0.15) is 23.7 Å². The second-order valence-corrected chi connectivity index (χ2v) is 18.6. The second kappa shape index (κ2) is 17.4. The lowest BCUT2D eigenvalue weighted by atomic mass is 10.00. The molecule has 356 valence electrons. The maximum absolute atomic E-state index is 14.3. The minimum Gasteiger partial charge on any atom is -0.505 e. The van der Waals surface area contributed by atoms with Crippen LogP contribution in [0.2, 0.25) is 0 Å². The lowest BCUT2D eigenvalue weighted by Crippen LogP contribution is -2.13. The van der Waals surface area contributed by atoms with Gasteiger partial charge in [0, 0.05) is 65.7 Å². The fourth-order valence-corrected chi connectivity index (χ4v) is 10.2. The molecular weight excluding hydrogens is 925 g/mol. The van der Waals surface area contributed by atoms with Crippen LogP contribution < -0.4 is 10.8 Å². The number of benzene rings is 10. The van der Waals surface area contributed by atoms with E-state index in [9.17, 15) is 19.8 Å². The minimum absolute atomic E-state index is 0.0276. The normalized spacial score (nSPS) is 12.4. The quantitative estimate of drug-likeness (QED) is 0.0584. The highest BCUT2D eigenvalue weighted by Crippen LogP contribution is 2.47. The Morgan fingerprint density at radius 3 is 1.72 bits per heavy atom. The van der Waals surface area contributed by atoms with Gasteiger partial charge in [-0.25, -0.2) is 0 Å². The van der Waals surface area contributed by atoms with Crippen LogP contribution in [0.25, 0.3) is 76.3 Å². The number of rotatable bonds is 10. The Hall–Kier alpha value is -9.98. The van der Waals surface area contributed by atoms with Crippen molar-refractivity contribution in [1.29, 1.82) is 0 Å². The summed E-state index contributed by atoms with van der Waals surface area (Å²) in [5.74, 6) is -1.17. The Morgan fingerprint density at radius 2 is 1.11 bits per heavy atom. The first-order valence-corrected chi connectivity index (χ1v) is 24.0. The number of nitrogens with one attached hydrogen (secondary N) is 4. The average molecular weight is 967 g/mol. The maximum atomic E-state index is 14.3. The number of aromatic nitrogens is 2. The predicted octanol–water partition coefficient (Wildman–Crippen LogP) is 16.1. The van der Waals surface area contributed by atoms with E-state index in [0.29, 0.717) is 55.5 Å². The third-order valence-corrected chi connectivity index (χ3v) is 14.0. The molecular formula is C61H42N8O5. The van der Waals surface area contributed by atoms with Crippen molar-refractivity contribution in [2.45, 2.75) is 20.5 Å². The van der Waals surface area contributed by atoms with Gasteiger partial charge in [0.2, 0.25) is 0 Å². The topological polar surface area (TPSA) is 189 Å². The van der Waals surface area contributed by atoms with Crippen molar-refractivity contribution >= 4 is 111 Å². The molecule has 6 N–H and O–H groups in total. The van der Waals surface area contributed by atoms with Crippen molar-refractivity contribution in [3.63, 3.8) is 0 Å². The molecule has 13 nitrogen and oxygen atoms in total. The SMILES string of the molecule is Cc1ccc(NOCc2cc3ccc4c5ccccc5[nH]c4c3c(N=Nc3ccc4c(c3)C(=O)c3cc(N=Nc5c(O)c(C(=O)Nc6ccccc6C)cc6ccc7c8ccccc8[nH]c7c56)ccc3-4)c2O)cc1. The number of hydrogen-bond donors (Lipinski definition) is 6. The van der Waals surface area contributed by atoms with Gasteiger partial charge in [-0.3, -0.25) is 19.9 Å². The van der Waals surface area contributed by atoms with Crippen LogP contribution in [0.15, 0.2) is 190 Å². The smallest absolute Gasteiger partial charge is 0.259 e. The Morgan fingerprint density at radius 1 is 0.554 bits per heavy atom. The van der Waals surface area contributed by atoms with Gasteiger partial charge >= 0.3 is 0 Å². The highest BCUT2D eigenvalue weighted by molar-refractivity contribution is 6.24. The molecule has 0 radical (unpaired) electrons. The van der Waals surface area contributed by atoms with Crippen molar-refractivity contribution in [3.05, 3.63) is 203 Å². The third-order valence-electron chi connectivity index (χ3n) is 14.0. The molecule has 12 aromatic rings. The highest BCUT2D eigenvalue weighted by atomic mass is 16.6. The van der Waals surface area contributed by atoms with Crippen LogP contribution in [-0.4, -0.2) is 31.9 Å². The minimum atomic E-state index is -0.506. The molecule has 1 aliphatic carbocycles. The number of aromatic hydroxyl groups is 2. The number of aromatic amines is 2. The zero-order valence-corrected chi connectivity index (χ0v) is 39.8. The number of hydrogen-bond acceptors (Lipinski definition) is 10. The highest BCUT2D eigenvalue weighted by Gasteiger charge is 2.28. The Balaban J connectivity index is 0.843. The Labute approximate surface area is 421 Å². The van der Waals surface area contributed by atoms with E-state index in [-0.39, 0.29) is 40.8 Å². The molecule has 13 rings (SSSR count). The number of azo groups is 2. The van der Waals surface area contributed by atoms with E-state index in [0.717, 1.165) is 71.4 Å². The van der Waals surface area contributed by atoms with Crippen molar-refractivity contribution in [2.75, 3.05) is 10.8 Å². The summed E-state index contributed by atoms with van der Waals surface area (Å²) in [6.45, 7) is 3.94. The Kier molecular flexibility index (Phi) is 10.3. The molecule has 0 fully saturated rings. The van der Waals surface area contributed by atoms with Gasteiger partial charge in [0.25, 0.3) is 5.91 Å². The number of phenolic OH excluding ortho intramolecular Hbond substituents is 2. The molecule has 1 aliphatic rings. The van der Waals surface area contributed by atoms with Gasteiger partial charge in [-0.15, -0.1) is 10.2 Å². The summed E-state index contributed by atoms with van der Waals surface area (Å²) in [7, 11) is 0. The molecule has 0 bridgehead atoms. The van der Waals surface area contributed by atoms with Gasteiger partial charge in [-0.1, -0.05) is 109 Å². The zero-order valence-electron chi connectivity index (χ0n) is 39.8. The maximum Gasteiger partial charge on any atom is 0.259 e. The standard InChI is InChI=1S/C61H42N8O5/c1-32-15-19-37(20-16-32)69-74-31-36-27-34-17-23-44-42-10-4-7-13-50(42)62-54(44)52(34)56(58(36)70)67-65-38-21-25-40-41-26-22-39(30-47(41)59(71)46(40)29-38)66-68-57-53-35(18-24-45-43-11-5-8-14-51(43)63-55(45)53)28-48(60(57)72)61(73)64-49-12-6-3-9-33(49)2/h3-30,62-63,69-70,72H,31H2,1-2H3,(H,64,73). The molecule has 0 saturated carbocycles. The van der Waals surface area contributed by atoms with E-state index in [1.807, 2.05) is 135 Å². The number of carbonyl (C=O) groups is 2. The van der Waals surface area contributed by atoms with Gasteiger partial charge in [-0.2, -0.15) is 10.2 Å². The van der Waals surface area contributed by atoms with E-state index < -0.39 is 5.91 Å². The first-order valence-electron chi connectivity index (χ1n) is 24.0. The van der Waals surface area contributed by atoms with E-state index in [1.165, 1.54) is 0 Å². The number of aryl methyl sites for hydroxylation is 2. The van der Waals surface area contributed by atoms with Crippen LogP contribution >= 0.6 is 0 Å². The van der Waals surface area contributed by atoms with E-state index in [1.54, 1.807) is 36.4 Å². The lowest BCUT2D eigenvalue weighted by Gasteiger charge is -2.13. The number of ketones is 1. The molecule has 0 unspecified atom stereocenters. The van der Waals surface area contributed by atoms with Crippen LogP contribution in [0.1, 0.15) is 43.0 Å². The number of nitrogens with zero attached hydrogens (tertiary/aromatic N) is 4. The molecule has 0 spiro atoms. The monoisotopic (exact) mass is 966 g/mol. The van der Waals surface area contributed by atoms with Crippen LogP contribution in [0.5, 0.6) is 11.5 Å². The number of carbonyl (C=O) groups excluding carboxylic acids is 2. The Bertz CT molecular complexity index is 4420. The first-order chi connectivity index (χ1) is 36.1. The molecule has 10 aromatic carbocycles. The summed E-state index contributed by atoms with van der Waals surface area (Å²) < 4.78 is 0. The van der Waals surface area contributed by atoms with Crippen molar-refractivity contribution in [1.82, 2.24) is 9.97 Å². The third kappa shape index (κ3) is 7.37. The van der Waals surface area contributed by atoms with E-state index >= 15 is 0 Å². The lowest BCUT2D eigenvalue weighted by molar-refractivity contribution is 0.102. The summed E-state index contributed by atoms with van der Waals surface area (Å²) in [5.41, 5.74) is 13.6. The fraction of sp³-hybridized carbons (Fsp3) is 0.0492. The van der Waals surface area contributed by atoms with Gasteiger partial charge in [0.05, 0.1) is 33.7 Å². The van der Waals surface area contributed by atoms with E-state index in [2.05, 4.69) is 48.2 Å². The van der Waals surface area contributed by atoms with Crippen molar-refractivity contribution in [2.24, 2.45) is 20.5 Å². The molecule has 2 aromatic heterocycles. The van der Waals surface area contributed by atoms with Gasteiger partial charge in [0.15, 0.2) is 11.5 Å². The van der Waals surface area contributed by atoms with Crippen LogP contribution in [0.4, 0.5) is 34.1 Å². The van der Waals surface area contributed by atoms with Crippen molar-refractivity contribution in [3.8, 4) is 22.6 Å². The molecule has 2 heterocycles. The summed E-state index contributed by atoms with van der Waals surface area (Å²) in [5, 5.41) is 52.2. The van der Waals surface area contributed by atoms with Gasteiger partial charge < -0.3 is 25.5 Å². The van der Waals surface area contributed by atoms with Crippen molar-refractivity contribution < 1.29 is 24.6 Å². The van der Waals surface area contributed by atoms with Gasteiger partial charge in [-0.05, 0) is 108 Å². The first kappa shape index (κ1) is 44.0. The summed E-state index contributed by atoms with van der Waals surface area (Å²) in [4.78, 5) is 41.1. The summed E-state index contributed by atoms with van der Waals surface area (Å²) in [6.07, 6.45) is 0. The number of H-pyrrole nitrogens is 2. The zero-order chi connectivity index (χ0) is 50.2. The summed E-state index contributed by atoms with van der Waals surface area (Å²) >= 11 is 0. The van der Waals surface area contributed by atoms with Crippen LogP contribution in [0.3, 0.4) is 0 Å². The fourth-order valence-electron chi connectivity index (χ4n) is 10.2. The molecule has 0 saturated heterocycles. The number of para-hydroxylation sites is 3. The molecule has 0 atom stereocenters. The van der Waals surface area contributed by atoms with E-state index in [4.69, 9.17) is 9.95 Å². The average Bonchev–Trinajstić information content (AvgIpc) is 4.09. The predicted molar refractivity (Wildman–Crippen MR) is 292 cm³/mol. The number of fused-ring (bicyclic) bond motifs is 13. The number of phenols is 2. The molecule has 13 heteroatoms. The molecule has 1 amide bonds. The number of amides is 1. The van der Waals surface area contributed by atoms with Crippen LogP contribution in [0, 0.1) is 13.8 Å². The second-order valence-electron chi connectivity index (χ2n) is 18.6. The molecule has 74 heavy (non-hydrogen) atoms. The van der Waals surface area contributed by atoms with Crippen LogP contribution in [-0.2, 0) is 11.4 Å². The largest absolute Gasteiger partial charge is 0.505 e.